The number of carbonyl (C=O) groups excluding carboxylic acids is 1. The molecular formula is C14H18BrFO. The average Bonchev–Trinajstić information content (AvgIpc) is 2.22. The van der Waals surface area contributed by atoms with Gasteiger partial charge >= 0.3 is 0 Å². The number of hydrogen-bond donors (Lipinski definition) is 0. The maximum atomic E-state index is 13.0. The average molecular weight is 301 g/mol. The van der Waals surface area contributed by atoms with Crippen LogP contribution in [0.2, 0.25) is 0 Å². The summed E-state index contributed by atoms with van der Waals surface area (Å²) >= 11 is 3.16. The summed E-state index contributed by atoms with van der Waals surface area (Å²) in [6.07, 6.45) is 2.20. The topological polar surface area (TPSA) is 17.1 Å². The van der Waals surface area contributed by atoms with Crippen molar-refractivity contribution >= 4 is 21.7 Å². The molecule has 1 rings (SSSR count). The predicted octanol–water partition coefficient (Wildman–Crippen LogP) is 4.53. The van der Waals surface area contributed by atoms with Gasteiger partial charge in [0.05, 0.1) is 4.47 Å². The van der Waals surface area contributed by atoms with Gasteiger partial charge in [0, 0.05) is 11.8 Å². The molecule has 1 aromatic rings. The van der Waals surface area contributed by atoms with E-state index in [2.05, 4.69) is 15.9 Å². The van der Waals surface area contributed by atoms with Crippen LogP contribution in [0.15, 0.2) is 22.7 Å². The molecule has 0 spiro atoms. The minimum Gasteiger partial charge on any atom is -0.299 e. The molecule has 0 aliphatic carbocycles. The van der Waals surface area contributed by atoms with Crippen LogP contribution in [-0.4, -0.2) is 5.78 Å². The van der Waals surface area contributed by atoms with E-state index in [0.717, 1.165) is 18.4 Å². The molecule has 0 fully saturated rings. The van der Waals surface area contributed by atoms with Crippen molar-refractivity contribution in [1.82, 2.24) is 0 Å². The Morgan fingerprint density at radius 2 is 2.00 bits per heavy atom. The number of ketones is 1. The Hall–Kier alpha value is -0.700. The van der Waals surface area contributed by atoms with Crippen molar-refractivity contribution in [3.8, 4) is 0 Å². The van der Waals surface area contributed by atoms with E-state index in [1.165, 1.54) is 6.07 Å². The highest BCUT2D eigenvalue weighted by molar-refractivity contribution is 9.10. The van der Waals surface area contributed by atoms with Crippen molar-refractivity contribution in [2.75, 3.05) is 0 Å². The third-order valence-corrected chi connectivity index (χ3v) is 3.30. The quantitative estimate of drug-likeness (QED) is 0.798. The van der Waals surface area contributed by atoms with E-state index in [1.807, 2.05) is 20.8 Å². The summed E-state index contributed by atoms with van der Waals surface area (Å²) in [6, 6.07) is 4.99. The molecule has 0 amide bonds. The highest BCUT2D eigenvalue weighted by Gasteiger charge is 2.20. The molecule has 94 valence electrons. The summed E-state index contributed by atoms with van der Waals surface area (Å²) in [6.45, 7) is 5.80. The molecule has 17 heavy (non-hydrogen) atoms. The number of rotatable bonds is 4. The Morgan fingerprint density at radius 3 is 2.53 bits per heavy atom. The second-order valence-corrected chi connectivity index (χ2v) is 6.13. The zero-order valence-corrected chi connectivity index (χ0v) is 12.1. The Balaban J connectivity index is 2.46. The fourth-order valence-electron chi connectivity index (χ4n) is 1.52. The largest absolute Gasteiger partial charge is 0.299 e. The van der Waals surface area contributed by atoms with Crippen molar-refractivity contribution in [1.29, 1.82) is 0 Å². The molecule has 0 saturated carbocycles. The first kappa shape index (κ1) is 14.4. The highest BCUT2D eigenvalue weighted by Crippen LogP contribution is 2.20. The van der Waals surface area contributed by atoms with Crippen LogP contribution in [-0.2, 0) is 11.2 Å². The lowest BCUT2D eigenvalue weighted by Gasteiger charge is -2.16. The van der Waals surface area contributed by atoms with E-state index in [1.54, 1.807) is 12.1 Å². The Bertz CT molecular complexity index is 407. The Kier molecular flexibility index (Phi) is 4.87. The minimum atomic E-state index is -0.261. The lowest BCUT2D eigenvalue weighted by atomic mass is 9.87. The second-order valence-electron chi connectivity index (χ2n) is 5.28. The Labute approximate surface area is 111 Å². The monoisotopic (exact) mass is 300 g/mol. The number of aryl methyl sites for hydroxylation is 1. The van der Waals surface area contributed by atoms with Gasteiger partial charge in [-0.05, 0) is 46.5 Å². The van der Waals surface area contributed by atoms with Gasteiger partial charge in [0.2, 0.25) is 0 Å². The van der Waals surface area contributed by atoms with E-state index in [9.17, 15) is 9.18 Å². The molecule has 1 aromatic carbocycles. The van der Waals surface area contributed by atoms with Gasteiger partial charge in [0.1, 0.15) is 11.6 Å². The molecule has 0 aliphatic heterocycles. The SMILES string of the molecule is CC(C)(C)C(=O)CCCc1ccc(F)c(Br)c1. The van der Waals surface area contributed by atoms with Crippen molar-refractivity contribution in [3.05, 3.63) is 34.1 Å². The third kappa shape index (κ3) is 4.58. The van der Waals surface area contributed by atoms with Crippen molar-refractivity contribution in [2.24, 2.45) is 5.41 Å². The zero-order valence-electron chi connectivity index (χ0n) is 10.5. The van der Waals surface area contributed by atoms with Gasteiger partial charge in [-0.25, -0.2) is 4.39 Å². The van der Waals surface area contributed by atoms with E-state index in [-0.39, 0.29) is 17.0 Å². The molecule has 0 atom stereocenters. The molecule has 0 N–H and O–H groups in total. The number of benzene rings is 1. The number of halogens is 2. The first-order valence-corrected chi connectivity index (χ1v) is 6.57. The summed E-state index contributed by atoms with van der Waals surface area (Å²) < 4.78 is 13.5. The Morgan fingerprint density at radius 1 is 1.35 bits per heavy atom. The van der Waals surface area contributed by atoms with Crippen LogP contribution in [0, 0.1) is 11.2 Å². The van der Waals surface area contributed by atoms with Gasteiger partial charge in [-0.2, -0.15) is 0 Å². The van der Waals surface area contributed by atoms with E-state index in [4.69, 9.17) is 0 Å². The highest BCUT2D eigenvalue weighted by atomic mass is 79.9. The normalized spacial score (nSPS) is 11.6. The second kappa shape index (κ2) is 5.76. The van der Waals surface area contributed by atoms with Gasteiger partial charge in [-0.15, -0.1) is 0 Å². The molecule has 0 heterocycles. The summed E-state index contributed by atoms with van der Waals surface area (Å²) in [5.74, 6) is 0.0261. The summed E-state index contributed by atoms with van der Waals surface area (Å²) in [4.78, 5) is 11.7. The van der Waals surface area contributed by atoms with Gasteiger partial charge in [0.25, 0.3) is 0 Å². The van der Waals surface area contributed by atoms with Crippen LogP contribution < -0.4 is 0 Å². The minimum absolute atomic E-state index is 0.250. The maximum Gasteiger partial charge on any atom is 0.138 e. The van der Waals surface area contributed by atoms with Crippen molar-refractivity contribution in [2.45, 2.75) is 40.0 Å². The lowest BCUT2D eigenvalue weighted by molar-refractivity contribution is -0.126. The molecule has 0 saturated heterocycles. The first-order valence-electron chi connectivity index (χ1n) is 5.78. The first-order chi connectivity index (χ1) is 7.80. The van der Waals surface area contributed by atoms with Gasteiger partial charge in [-0.1, -0.05) is 26.8 Å². The van der Waals surface area contributed by atoms with Crippen molar-refractivity contribution < 1.29 is 9.18 Å². The zero-order chi connectivity index (χ0) is 13.1. The fourth-order valence-corrected chi connectivity index (χ4v) is 1.95. The summed E-state index contributed by atoms with van der Waals surface area (Å²) in [7, 11) is 0. The van der Waals surface area contributed by atoms with Crippen LogP contribution in [0.1, 0.15) is 39.2 Å². The molecule has 0 aromatic heterocycles. The van der Waals surface area contributed by atoms with Crippen LogP contribution >= 0.6 is 15.9 Å². The molecule has 1 nitrogen and oxygen atoms in total. The fraction of sp³-hybridized carbons (Fsp3) is 0.500. The summed E-state index contributed by atoms with van der Waals surface area (Å²) in [5.41, 5.74) is 0.795. The standard InChI is InChI=1S/C14H18BrFO/c1-14(2,3)13(17)6-4-5-10-7-8-12(16)11(15)9-10/h7-9H,4-6H2,1-3H3. The van der Waals surface area contributed by atoms with E-state index >= 15 is 0 Å². The molecule has 3 heteroatoms. The van der Waals surface area contributed by atoms with Gasteiger partial charge in [-0.3, -0.25) is 4.79 Å². The van der Waals surface area contributed by atoms with E-state index in [0.29, 0.717) is 10.9 Å². The number of hydrogen-bond acceptors (Lipinski definition) is 1. The number of Topliss-reactive ketones (excluding diaryl/α,β-unsaturated/α-hetero) is 1. The van der Waals surface area contributed by atoms with Gasteiger partial charge in [0.15, 0.2) is 0 Å². The third-order valence-electron chi connectivity index (χ3n) is 2.69. The van der Waals surface area contributed by atoms with Crippen LogP contribution in [0.25, 0.3) is 0 Å². The predicted molar refractivity (Wildman–Crippen MR) is 71.5 cm³/mol. The van der Waals surface area contributed by atoms with Gasteiger partial charge < -0.3 is 0 Å². The molecule has 0 aliphatic rings. The molecule has 0 radical (unpaired) electrons. The van der Waals surface area contributed by atoms with Crippen LogP contribution in [0.5, 0.6) is 0 Å². The van der Waals surface area contributed by atoms with Crippen LogP contribution in [0.4, 0.5) is 4.39 Å². The molecule has 0 bridgehead atoms. The lowest BCUT2D eigenvalue weighted by Crippen LogP contribution is -2.19. The smallest absolute Gasteiger partial charge is 0.138 e. The maximum absolute atomic E-state index is 13.0. The summed E-state index contributed by atoms with van der Waals surface area (Å²) in [5, 5.41) is 0. The molecule has 0 unspecified atom stereocenters. The van der Waals surface area contributed by atoms with Crippen LogP contribution in [0.3, 0.4) is 0 Å². The molecular weight excluding hydrogens is 283 g/mol. The van der Waals surface area contributed by atoms with E-state index < -0.39 is 0 Å². The van der Waals surface area contributed by atoms with Crippen molar-refractivity contribution in [3.63, 3.8) is 0 Å². The number of carbonyl (C=O) groups is 1.